The van der Waals surface area contributed by atoms with Crippen LogP contribution in [0.25, 0.3) is 0 Å². The highest BCUT2D eigenvalue weighted by Crippen LogP contribution is 2.31. The fraction of sp³-hybridized carbons (Fsp3) is 0.611. The molecule has 0 spiro atoms. The molecule has 0 aromatic heterocycles. The van der Waals surface area contributed by atoms with Gasteiger partial charge in [-0.3, -0.25) is 4.79 Å². The minimum Gasteiger partial charge on any atom is -0.326 e. The molecule has 1 heterocycles. The predicted molar refractivity (Wildman–Crippen MR) is 88.5 cm³/mol. The molecule has 0 radical (unpaired) electrons. The second-order valence-electron chi connectivity index (χ2n) is 6.17. The van der Waals surface area contributed by atoms with Gasteiger partial charge in [0.25, 0.3) is 0 Å². The quantitative estimate of drug-likeness (QED) is 0.750. The van der Waals surface area contributed by atoms with Crippen LogP contribution in [0.2, 0.25) is 0 Å². The smallest absolute Gasteiger partial charge is 0.231 e. The lowest BCUT2D eigenvalue weighted by Gasteiger charge is -2.25. The van der Waals surface area contributed by atoms with Crippen molar-refractivity contribution in [2.75, 3.05) is 18.4 Å². The first kappa shape index (κ1) is 16.0. The van der Waals surface area contributed by atoms with Crippen molar-refractivity contribution in [2.24, 2.45) is 5.41 Å². The number of unbranched alkanes of at least 4 members (excludes halogenated alkanes) is 2. The first-order valence-corrected chi connectivity index (χ1v) is 8.31. The maximum absolute atomic E-state index is 12.5. The number of carbonyl (C=O) groups is 1. The Morgan fingerprint density at radius 3 is 2.57 bits per heavy atom. The van der Waals surface area contributed by atoms with E-state index in [1.807, 2.05) is 12.1 Å². The molecule has 1 aromatic rings. The molecule has 116 valence electrons. The molecule has 1 aromatic carbocycles. The van der Waals surface area contributed by atoms with Gasteiger partial charge in [0.1, 0.15) is 0 Å². The Kier molecular flexibility index (Phi) is 5.80. The van der Waals surface area contributed by atoms with Crippen molar-refractivity contribution in [2.45, 2.75) is 52.4 Å². The summed E-state index contributed by atoms with van der Waals surface area (Å²) in [5.41, 5.74) is 2.05. The Hall–Kier alpha value is -1.35. The second kappa shape index (κ2) is 7.60. The lowest BCUT2D eigenvalue weighted by Crippen LogP contribution is -2.37. The summed E-state index contributed by atoms with van der Waals surface area (Å²) in [6.07, 6.45) is 6.73. The maximum atomic E-state index is 12.5. The minimum atomic E-state index is -0.222. The third-order valence-electron chi connectivity index (χ3n) is 4.68. The van der Waals surface area contributed by atoms with Gasteiger partial charge in [-0.05, 0) is 49.9 Å². The van der Waals surface area contributed by atoms with Crippen molar-refractivity contribution in [1.29, 1.82) is 0 Å². The van der Waals surface area contributed by atoms with Crippen LogP contribution in [0.15, 0.2) is 24.3 Å². The van der Waals surface area contributed by atoms with Crippen molar-refractivity contribution in [3.63, 3.8) is 0 Å². The highest BCUT2D eigenvalue weighted by atomic mass is 16.2. The molecule has 21 heavy (non-hydrogen) atoms. The molecule has 1 saturated heterocycles. The number of hydrogen-bond donors (Lipinski definition) is 2. The van der Waals surface area contributed by atoms with E-state index >= 15 is 0 Å². The van der Waals surface area contributed by atoms with Gasteiger partial charge < -0.3 is 10.6 Å². The van der Waals surface area contributed by atoms with Crippen molar-refractivity contribution in [3.05, 3.63) is 29.8 Å². The van der Waals surface area contributed by atoms with E-state index in [-0.39, 0.29) is 11.3 Å². The van der Waals surface area contributed by atoms with Crippen molar-refractivity contribution in [3.8, 4) is 0 Å². The normalized spacial score (nSPS) is 21.4. The first-order valence-electron chi connectivity index (χ1n) is 8.31. The summed E-state index contributed by atoms with van der Waals surface area (Å²) >= 11 is 0. The van der Waals surface area contributed by atoms with Gasteiger partial charge in [-0.2, -0.15) is 0 Å². The van der Waals surface area contributed by atoms with E-state index in [9.17, 15) is 4.79 Å². The summed E-state index contributed by atoms with van der Waals surface area (Å²) in [6.45, 7) is 6.06. The van der Waals surface area contributed by atoms with Gasteiger partial charge >= 0.3 is 0 Å². The Morgan fingerprint density at radius 2 is 2.00 bits per heavy atom. The van der Waals surface area contributed by atoms with Gasteiger partial charge in [0.05, 0.1) is 5.41 Å². The summed E-state index contributed by atoms with van der Waals surface area (Å²) in [5, 5.41) is 6.40. The average molecular weight is 288 g/mol. The van der Waals surface area contributed by atoms with Crippen molar-refractivity contribution in [1.82, 2.24) is 5.32 Å². The first-order chi connectivity index (χ1) is 10.2. The summed E-state index contributed by atoms with van der Waals surface area (Å²) in [5.74, 6) is 0.161. The molecule has 3 nitrogen and oxygen atoms in total. The van der Waals surface area contributed by atoms with Crippen molar-refractivity contribution >= 4 is 11.6 Å². The molecule has 0 bridgehead atoms. The lowest BCUT2D eigenvalue weighted by atomic mass is 9.83. The van der Waals surface area contributed by atoms with E-state index in [0.29, 0.717) is 0 Å². The van der Waals surface area contributed by atoms with Gasteiger partial charge in [0, 0.05) is 12.2 Å². The summed E-state index contributed by atoms with van der Waals surface area (Å²) < 4.78 is 0. The van der Waals surface area contributed by atoms with Gasteiger partial charge in [-0.25, -0.2) is 0 Å². The number of aryl methyl sites for hydroxylation is 1. The second-order valence-corrected chi connectivity index (χ2v) is 6.17. The molecule has 1 aliphatic heterocycles. The Balaban J connectivity index is 1.92. The van der Waals surface area contributed by atoms with Crippen LogP contribution >= 0.6 is 0 Å². The fourth-order valence-electron chi connectivity index (χ4n) is 3.00. The van der Waals surface area contributed by atoms with Crippen molar-refractivity contribution < 1.29 is 4.79 Å². The molecule has 2 N–H and O–H groups in total. The maximum Gasteiger partial charge on any atom is 0.231 e. The van der Waals surface area contributed by atoms with Crippen LogP contribution in [-0.2, 0) is 11.2 Å². The average Bonchev–Trinajstić information content (AvgIpc) is 2.99. The molecular formula is C18H28N2O. The van der Waals surface area contributed by atoms with Crippen LogP contribution in [0.1, 0.15) is 51.5 Å². The van der Waals surface area contributed by atoms with E-state index in [2.05, 4.69) is 36.6 Å². The van der Waals surface area contributed by atoms with E-state index < -0.39 is 0 Å². The van der Waals surface area contributed by atoms with Gasteiger partial charge in [-0.15, -0.1) is 0 Å². The zero-order valence-corrected chi connectivity index (χ0v) is 13.4. The van der Waals surface area contributed by atoms with Gasteiger partial charge in [-0.1, -0.05) is 38.8 Å². The van der Waals surface area contributed by atoms with Crippen LogP contribution in [0.4, 0.5) is 5.69 Å². The van der Waals surface area contributed by atoms with Crippen LogP contribution < -0.4 is 10.6 Å². The number of anilines is 1. The number of hydrogen-bond acceptors (Lipinski definition) is 2. The summed E-state index contributed by atoms with van der Waals surface area (Å²) in [4.78, 5) is 12.5. The molecule has 1 atom stereocenters. The van der Waals surface area contributed by atoms with Crippen LogP contribution in [0.3, 0.4) is 0 Å². The minimum absolute atomic E-state index is 0.161. The molecule has 1 amide bonds. The number of amides is 1. The van der Waals surface area contributed by atoms with E-state index in [1.165, 1.54) is 24.8 Å². The Labute approximate surface area is 128 Å². The molecule has 1 fully saturated rings. The van der Waals surface area contributed by atoms with Crippen LogP contribution in [0.5, 0.6) is 0 Å². The summed E-state index contributed by atoms with van der Waals surface area (Å²) in [7, 11) is 0. The molecule has 2 rings (SSSR count). The molecule has 1 aliphatic rings. The van der Waals surface area contributed by atoms with Gasteiger partial charge in [0.2, 0.25) is 5.91 Å². The number of nitrogens with one attached hydrogen (secondary N) is 2. The molecule has 0 aliphatic carbocycles. The summed E-state index contributed by atoms with van der Waals surface area (Å²) in [6, 6.07) is 8.34. The zero-order chi connectivity index (χ0) is 15.1. The Morgan fingerprint density at radius 1 is 1.24 bits per heavy atom. The number of benzene rings is 1. The van der Waals surface area contributed by atoms with Crippen LogP contribution in [0, 0.1) is 5.41 Å². The third-order valence-corrected chi connectivity index (χ3v) is 4.68. The molecule has 3 heteroatoms. The van der Waals surface area contributed by atoms with E-state index in [1.54, 1.807) is 0 Å². The number of rotatable bonds is 7. The van der Waals surface area contributed by atoms with Crippen LogP contribution in [-0.4, -0.2) is 19.0 Å². The lowest BCUT2D eigenvalue weighted by molar-refractivity contribution is -0.124. The molecule has 1 unspecified atom stereocenters. The topological polar surface area (TPSA) is 41.1 Å². The zero-order valence-electron chi connectivity index (χ0n) is 13.4. The highest BCUT2D eigenvalue weighted by Gasteiger charge is 2.39. The largest absolute Gasteiger partial charge is 0.326 e. The monoisotopic (exact) mass is 288 g/mol. The molecule has 0 saturated carbocycles. The highest BCUT2D eigenvalue weighted by molar-refractivity contribution is 5.95. The third kappa shape index (κ3) is 4.07. The number of carbonyl (C=O) groups excluding carboxylic acids is 1. The fourth-order valence-corrected chi connectivity index (χ4v) is 3.00. The molecular weight excluding hydrogens is 260 g/mol. The SMILES string of the molecule is CCCCCc1ccc(NC(=O)C2(CC)CCNC2)cc1. The van der Waals surface area contributed by atoms with Gasteiger partial charge in [0.15, 0.2) is 0 Å². The standard InChI is InChI=1S/C18H28N2O/c1-3-5-6-7-15-8-10-16(11-9-15)20-17(21)18(4-2)12-13-19-14-18/h8-11,19H,3-7,12-14H2,1-2H3,(H,20,21). The van der Waals surface area contributed by atoms with E-state index in [4.69, 9.17) is 0 Å². The Bertz CT molecular complexity index is 447. The predicted octanol–water partition coefficient (Wildman–Crippen LogP) is 3.75. The van der Waals surface area contributed by atoms with E-state index in [0.717, 1.165) is 38.0 Å².